The van der Waals surface area contributed by atoms with Crippen molar-refractivity contribution in [2.75, 3.05) is 14.2 Å². The first-order valence-electron chi connectivity index (χ1n) is 5.04. The van der Waals surface area contributed by atoms with Crippen LogP contribution in [0, 0.1) is 6.92 Å². The predicted molar refractivity (Wildman–Crippen MR) is 77.5 cm³/mol. The smallest absolute Gasteiger partial charge is 0.274 e. The average Bonchev–Trinajstić information content (AvgIpc) is 2.40. The monoisotopic (exact) mass is 384 g/mol. The zero-order chi connectivity index (χ0) is 15.9. The van der Waals surface area contributed by atoms with Gasteiger partial charge in [-0.3, -0.25) is 24.2 Å². The van der Waals surface area contributed by atoms with Gasteiger partial charge in [-0.05, 0) is 52.1 Å². The lowest BCUT2D eigenvalue weighted by Gasteiger charge is -2.14. The van der Waals surface area contributed by atoms with E-state index >= 15 is 0 Å². The summed E-state index contributed by atoms with van der Waals surface area (Å²) in [6, 6.07) is 1.72. The average molecular weight is 386 g/mol. The van der Waals surface area contributed by atoms with Crippen molar-refractivity contribution in [3.05, 3.63) is 28.0 Å². The minimum Gasteiger partial charge on any atom is -0.274 e. The lowest BCUT2D eigenvalue weighted by atomic mass is 10.2. The molecule has 0 spiro atoms. The first-order chi connectivity index (χ1) is 9.20. The van der Waals surface area contributed by atoms with E-state index in [1.807, 2.05) is 0 Å². The van der Waals surface area contributed by atoms with Crippen molar-refractivity contribution < 1.29 is 19.2 Å². The van der Waals surface area contributed by atoms with Crippen molar-refractivity contribution in [3.63, 3.8) is 0 Å². The number of halogens is 3. The van der Waals surface area contributed by atoms with Crippen LogP contribution in [0.2, 0.25) is 0 Å². The highest BCUT2D eigenvalue weighted by molar-refractivity contribution is 9.10. The van der Waals surface area contributed by atoms with Crippen molar-refractivity contribution in [1.29, 1.82) is 0 Å². The fourth-order valence-electron chi connectivity index (χ4n) is 0.977. The second kappa shape index (κ2) is 9.02. The van der Waals surface area contributed by atoms with Gasteiger partial charge in [0, 0.05) is 17.7 Å². The Hall–Kier alpha value is -1.02. The molecule has 0 radical (unpaired) electrons. The van der Waals surface area contributed by atoms with Crippen molar-refractivity contribution in [2.45, 2.75) is 6.92 Å². The van der Waals surface area contributed by atoms with Crippen LogP contribution in [0.4, 0.5) is 0 Å². The van der Waals surface area contributed by atoms with Gasteiger partial charge in [-0.25, -0.2) is 5.06 Å². The van der Waals surface area contributed by atoms with Crippen LogP contribution in [-0.2, 0) is 14.4 Å². The molecule has 110 valence electrons. The number of rotatable bonds is 3. The molecule has 1 rings (SSSR count). The van der Waals surface area contributed by atoms with Crippen molar-refractivity contribution in [3.8, 4) is 0 Å². The molecule has 0 aliphatic heterocycles. The Bertz CT molecular complexity index is 513. The highest BCUT2D eigenvalue weighted by atomic mass is 79.9. The second-order valence-corrected chi connectivity index (χ2v) is 4.92. The number of carbonyl (C=O) groups excluding carboxylic acids is 3. The van der Waals surface area contributed by atoms with Crippen molar-refractivity contribution in [2.24, 2.45) is 0 Å². The topological polar surface area (TPSA) is 76.6 Å². The first-order valence-corrected chi connectivity index (χ1v) is 6.59. The Morgan fingerprint density at radius 1 is 1.30 bits per heavy atom. The number of pyridine rings is 1. The molecule has 0 fully saturated rings. The van der Waals surface area contributed by atoms with Crippen LogP contribution in [0.15, 0.2) is 16.7 Å². The van der Waals surface area contributed by atoms with E-state index in [1.54, 1.807) is 26.2 Å². The SMILES string of the molecule is CON(C)C(=O)c1cc(Br)cnc1C.O=C(Cl)C(=O)Cl. The number of nitrogens with zero attached hydrogens (tertiary/aromatic N) is 2. The Morgan fingerprint density at radius 2 is 1.80 bits per heavy atom. The minimum atomic E-state index is -1.14. The summed E-state index contributed by atoms with van der Waals surface area (Å²) >= 11 is 12.2. The van der Waals surface area contributed by atoms with E-state index < -0.39 is 10.5 Å². The largest absolute Gasteiger partial charge is 0.304 e. The molecule has 0 unspecified atom stereocenters. The Balaban J connectivity index is 0.000000511. The van der Waals surface area contributed by atoms with Gasteiger partial charge in [-0.15, -0.1) is 0 Å². The van der Waals surface area contributed by atoms with Gasteiger partial charge in [0.2, 0.25) is 0 Å². The highest BCUT2D eigenvalue weighted by Crippen LogP contribution is 2.14. The van der Waals surface area contributed by atoms with Gasteiger partial charge in [-0.2, -0.15) is 0 Å². The van der Waals surface area contributed by atoms with E-state index in [0.717, 1.165) is 9.54 Å². The van der Waals surface area contributed by atoms with E-state index in [9.17, 15) is 14.4 Å². The van der Waals surface area contributed by atoms with Crippen LogP contribution >= 0.6 is 39.1 Å². The number of carbonyl (C=O) groups is 3. The minimum absolute atomic E-state index is 0.209. The molecule has 6 nitrogen and oxygen atoms in total. The summed E-state index contributed by atoms with van der Waals surface area (Å²) in [4.78, 5) is 39.4. The summed E-state index contributed by atoms with van der Waals surface area (Å²) in [6.07, 6.45) is 1.65. The number of hydroxylamine groups is 2. The van der Waals surface area contributed by atoms with E-state index in [1.165, 1.54) is 7.11 Å². The molecule has 0 bridgehead atoms. The van der Waals surface area contributed by atoms with Gasteiger partial charge >= 0.3 is 10.5 Å². The number of aryl methyl sites for hydroxylation is 1. The zero-order valence-corrected chi connectivity index (χ0v) is 13.9. The molecule has 0 saturated heterocycles. The molecule has 0 aliphatic rings. The fraction of sp³-hybridized carbons (Fsp3) is 0.273. The summed E-state index contributed by atoms with van der Waals surface area (Å²) in [7, 11) is 3.00. The third-order valence-corrected chi connectivity index (χ3v) is 2.87. The van der Waals surface area contributed by atoms with E-state index in [2.05, 4.69) is 44.1 Å². The normalized spacial score (nSPS) is 9.30. The maximum atomic E-state index is 11.7. The van der Waals surface area contributed by atoms with Gasteiger partial charge in [0.05, 0.1) is 18.4 Å². The van der Waals surface area contributed by atoms with Crippen molar-refractivity contribution >= 4 is 55.5 Å². The van der Waals surface area contributed by atoms with Gasteiger partial charge in [0.25, 0.3) is 5.91 Å². The molecule has 0 aromatic carbocycles. The zero-order valence-electron chi connectivity index (χ0n) is 10.8. The van der Waals surface area contributed by atoms with Crippen LogP contribution in [0.5, 0.6) is 0 Å². The van der Waals surface area contributed by atoms with E-state index in [0.29, 0.717) is 11.3 Å². The molecule has 0 aliphatic carbocycles. The summed E-state index contributed by atoms with van der Waals surface area (Å²) in [6.45, 7) is 1.78. The maximum absolute atomic E-state index is 11.7. The van der Waals surface area contributed by atoms with Gasteiger partial charge in [0.1, 0.15) is 0 Å². The van der Waals surface area contributed by atoms with Gasteiger partial charge < -0.3 is 0 Å². The van der Waals surface area contributed by atoms with E-state index in [4.69, 9.17) is 4.84 Å². The van der Waals surface area contributed by atoms with Crippen LogP contribution in [-0.4, -0.2) is 40.6 Å². The van der Waals surface area contributed by atoms with Crippen LogP contribution in [0.3, 0.4) is 0 Å². The molecule has 0 atom stereocenters. The number of hydrogen-bond donors (Lipinski definition) is 0. The first kappa shape index (κ1) is 19.0. The quantitative estimate of drug-likeness (QED) is 0.453. The Labute approximate surface area is 134 Å². The van der Waals surface area contributed by atoms with Crippen LogP contribution in [0.25, 0.3) is 0 Å². The number of hydrogen-bond acceptors (Lipinski definition) is 5. The molecule has 1 heterocycles. The molecule has 1 aromatic heterocycles. The molecule has 0 N–H and O–H groups in total. The maximum Gasteiger partial charge on any atom is 0.304 e. The summed E-state index contributed by atoms with van der Waals surface area (Å²) in [5.74, 6) is -0.209. The van der Waals surface area contributed by atoms with E-state index in [-0.39, 0.29) is 5.91 Å². The van der Waals surface area contributed by atoms with Gasteiger partial charge in [-0.1, -0.05) is 0 Å². The molecule has 1 amide bonds. The van der Waals surface area contributed by atoms with Gasteiger partial charge in [0.15, 0.2) is 0 Å². The molecular formula is C11H11BrCl2N2O4. The third kappa shape index (κ3) is 6.42. The molecule has 0 saturated carbocycles. The standard InChI is InChI=1S/C9H11BrN2O2.C2Cl2O2/c1-6-8(4-7(10)5-11-6)9(13)12(2)14-3;3-1(5)2(4)6/h4-5H,1-3H3;. The molecule has 20 heavy (non-hydrogen) atoms. The predicted octanol–water partition coefficient (Wildman–Crippen LogP) is 2.30. The molecule has 9 heteroatoms. The lowest BCUT2D eigenvalue weighted by Crippen LogP contribution is -2.26. The second-order valence-electron chi connectivity index (χ2n) is 3.32. The Kier molecular flexibility index (Phi) is 8.56. The summed E-state index contributed by atoms with van der Waals surface area (Å²) < 4.78 is 0.774. The van der Waals surface area contributed by atoms with Crippen LogP contribution < -0.4 is 0 Å². The number of amides is 1. The van der Waals surface area contributed by atoms with Crippen LogP contribution in [0.1, 0.15) is 16.1 Å². The lowest BCUT2D eigenvalue weighted by molar-refractivity contribution is -0.127. The Morgan fingerprint density at radius 3 is 2.20 bits per heavy atom. The van der Waals surface area contributed by atoms with Crippen molar-refractivity contribution in [1.82, 2.24) is 10.0 Å². The number of aromatic nitrogens is 1. The molecule has 1 aromatic rings. The fourth-order valence-corrected chi connectivity index (χ4v) is 1.31. The summed E-state index contributed by atoms with van der Waals surface area (Å²) in [5, 5.41) is -1.12. The third-order valence-electron chi connectivity index (χ3n) is 2.00. The molecular weight excluding hydrogens is 375 g/mol. The highest BCUT2D eigenvalue weighted by Gasteiger charge is 2.14. The summed E-state index contributed by atoms with van der Waals surface area (Å²) in [5.41, 5.74) is 1.21.